The third-order valence-corrected chi connectivity index (χ3v) is 1.96. The molecule has 2 N–H and O–H groups in total. The highest BCUT2D eigenvalue weighted by molar-refractivity contribution is 6.60. The molecule has 4 nitrogen and oxygen atoms in total. The molecule has 0 atom stereocenters. The van der Waals surface area contributed by atoms with Gasteiger partial charge in [0.15, 0.2) is 0 Å². The van der Waals surface area contributed by atoms with Crippen LogP contribution in [0.25, 0.3) is 0 Å². The van der Waals surface area contributed by atoms with Crippen LogP contribution in [-0.2, 0) is 0 Å². The van der Waals surface area contributed by atoms with Crippen molar-refractivity contribution in [3.63, 3.8) is 0 Å². The maximum atomic E-state index is 11.1. The number of rotatable bonds is 1. The van der Waals surface area contributed by atoms with Crippen LogP contribution in [-0.4, -0.2) is 29.3 Å². The molecule has 0 saturated carbocycles. The minimum absolute atomic E-state index is 0.312. The van der Waals surface area contributed by atoms with E-state index in [4.69, 9.17) is 10.0 Å². The molecule has 13 heavy (non-hydrogen) atoms. The van der Waals surface area contributed by atoms with Gasteiger partial charge in [-0.25, -0.2) is 4.99 Å². The van der Waals surface area contributed by atoms with E-state index in [0.717, 1.165) is 0 Å². The second-order valence-corrected chi connectivity index (χ2v) is 2.75. The molecule has 0 unspecified atom stereocenters. The Kier molecular flexibility index (Phi) is 1.75. The van der Waals surface area contributed by atoms with Crippen molar-refractivity contribution in [2.75, 3.05) is 0 Å². The quantitative estimate of drug-likeness (QED) is 0.534. The molecule has 1 aliphatic rings. The fraction of sp³-hybridized carbons (Fsp3) is 0. The Morgan fingerprint density at radius 2 is 2.08 bits per heavy atom. The molecule has 64 valence electrons. The Morgan fingerprint density at radius 1 is 1.31 bits per heavy atom. The Bertz CT molecular complexity index is 400. The SMILES string of the molecule is O=C1N=Cc2c(B(O)O)cccc21. The number of benzene rings is 1. The zero-order valence-electron chi connectivity index (χ0n) is 6.64. The predicted molar refractivity (Wildman–Crippen MR) is 48.2 cm³/mol. The first-order valence-corrected chi connectivity index (χ1v) is 3.77. The van der Waals surface area contributed by atoms with Crippen LogP contribution in [0.3, 0.4) is 0 Å². The number of carbonyl (C=O) groups excluding carboxylic acids is 1. The van der Waals surface area contributed by atoms with Gasteiger partial charge in [-0.2, -0.15) is 0 Å². The molecule has 1 aromatic carbocycles. The number of aliphatic imine (C=N–C) groups is 1. The molecular weight excluding hydrogens is 169 g/mol. The molecule has 0 spiro atoms. The van der Waals surface area contributed by atoms with E-state index in [9.17, 15) is 4.79 Å². The molecule has 0 radical (unpaired) electrons. The van der Waals surface area contributed by atoms with Crippen molar-refractivity contribution in [1.29, 1.82) is 0 Å². The number of carbonyl (C=O) groups is 1. The van der Waals surface area contributed by atoms with Crippen LogP contribution in [0.1, 0.15) is 15.9 Å². The minimum Gasteiger partial charge on any atom is -0.423 e. The molecule has 1 amide bonds. The summed E-state index contributed by atoms with van der Waals surface area (Å²) in [6, 6.07) is 4.75. The third-order valence-electron chi connectivity index (χ3n) is 1.96. The normalized spacial score (nSPS) is 13.2. The molecule has 0 aromatic heterocycles. The van der Waals surface area contributed by atoms with E-state index < -0.39 is 7.12 Å². The molecule has 1 heterocycles. The lowest BCUT2D eigenvalue weighted by atomic mass is 9.76. The van der Waals surface area contributed by atoms with Gasteiger partial charge in [-0.15, -0.1) is 0 Å². The monoisotopic (exact) mass is 175 g/mol. The number of nitrogens with zero attached hydrogens (tertiary/aromatic N) is 1. The van der Waals surface area contributed by atoms with E-state index in [2.05, 4.69) is 4.99 Å². The maximum absolute atomic E-state index is 11.1. The van der Waals surface area contributed by atoms with Crippen molar-refractivity contribution in [2.24, 2.45) is 4.99 Å². The highest BCUT2D eigenvalue weighted by Crippen LogP contribution is 2.11. The topological polar surface area (TPSA) is 69.9 Å². The minimum atomic E-state index is -1.56. The molecule has 1 aromatic rings. The largest absolute Gasteiger partial charge is 0.489 e. The Morgan fingerprint density at radius 3 is 2.77 bits per heavy atom. The van der Waals surface area contributed by atoms with Gasteiger partial charge in [-0.05, 0) is 11.5 Å². The Labute approximate surface area is 74.7 Å². The van der Waals surface area contributed by atoms with Gasteiger partial charge in [0.2, 0.25) is 0 Å². The molecule has 5 heteroatoms. The van der Waals surface area contributed by atoms with Crippen molar-refractivity contribution >= 4 is 24.7 Å². The first kappa shape index (κ1) is 8.16. The second kappa shape index (κ2) is 2.79. The summed E-state index contributed by atoms with van der Waals surface area (Å²) in [5, 5.41) is 17.9. The van der Waals surface area contributed by atoms with Crippen LogP contribution in [0.4, 0.5) is 0 Å². The van der Waals surface area contributed by atoms with E-state index in [1.165, 1.54) is 6.21 Å². The van der Waals surface area contributed by atoms with Crippen LogP contribution < -0.4 is 5.46 Å². The van der Waals surface area contributed by atoms with Crippen molar-refractivity contribution in [3.05, 3.63) is 29.3 Å². The summed E-state index contributed by atoms with van der Waals surface area (Å²) in [4.78, 5) is 14.6. The fourth-order valence-corrected chi connectivity index (χ4v) is 1.33. The van der Waals surface area contributed by atoms with Crippen molar-refractivity contribution in [1.82, 2.24) is 0 Å². The van der Waals surface area contributed by atoms with Crippen molar-refractivity contribution < 1.29 is 14.8 Å². The van der Waals surface area contributed by atoms with Crippen molar-refractivity contribution in [2.45, 2.75) is 0 Å². The zero-order valence-corrected chi connectivity index (χ0v) is 6.64. The summed E-state index contributed by atoms with van der Waals surface area (Å²) in [5.41, 5.74) is 1.24. The van der Waals surface area contributed by atoms with E-state index in [1.807, 2.05) is 0 Å². The zero-order chi connectivity index (χ0) is 9.42. The summed E-state index contributed by atoms with van der Waals surface area (Å²) >= 11 is 0. The first-order chi connectivity index (χ1) is 6.20. The first-order valence-electron chi connectivity index (χ1n) is 3.77. The summed E-state index contributed by atoms with van der Waals surface area (Å²) < 4.78 is 0. The van der Waals surface area contributed by atoms with Gasteiger partial charge in [-0.3, -0.25) is 4.79 Å². The summed E-state index contributed by atoms with van der Waals surface area (Å²) in [7, 11) is -1.56. The molecule has 1 aliphatic heterocycles. The van der Waals surface area contributed by atoms with E-state index in [1.54, 1.807) is 18.2 Å². The lowest BCUT2D eigenvalue weighted by Gasteiger charge is -2.03. The standard InChI is InChI=1S/C8H6BNO3/c11-8-5-2-1-3-7(9(12)13)6(5)4-10-8/h1-4,12-13H. The average Bonchev–Trinajstić information content (AvgIpc) is 2.48. The molecular formula is C8H6BNO3. The molecule has 0 bridgehead atoms. The number of fused-ring (bicyclic) bond motifs is 1. The van der Waals surface area contributed by atoms with Gasteiger partial charge in [0, 0.05) is 11.8 Å². The van der Waals surface area contributed by atoms with Crippen LogP contribution in [0.15, 0.2) is 23.2 Å². The average molecular weight is 175 g/mol. The highest BCUT2D eigenvalue weighted by atomic mass is 16.4. The maximum Gasteiger partial charge on any atom is 0.489 e. The predicted octanol–water partition coefficient (Wildman–Crippen LogP) is -1.06. The molecule has 0 saturated heterocycles. The molecule has 2 rings (SSSR count). The summed E-state index contributed by atoms with van der Waals surface area (Å²) in [6.07, 6.45) is 1.35. The van der Waals surface area contributed by atoms with Crippen LogP contribution in [0.5, 0.6) is 0 Å². The lowest BCUT2D eigenvalue weighted by molar-refractivity contribution is 0.101. The van der Waals surface area contributed by atoms with Gasteiger partial charge in [0.05, 0.1) is 5.56 Å². The molecule has 0 aliphatic carbocycles. The van der Waals surface area contributed by atoms with Crippen molar-refractivity contribution in [3.8, 4) is 0 Å². The number of amides is 1. The molecule has 0 fully saturated rings. The Balaban J connectivity index is 2.63. The summed E-state index contributed by atoms with van der Waals surface area (Å²) in [6.45, 7) is 0. The van der Waals surface area contributed by atoms with E-state index in [-0.39, 0.29) is 5.91 Å². The van der Waals surface area contributed by atoms with E-state index in [0.29, 0.717) is 16.6 Å². The van der Waals surface area contributed by atoms with Gasteiger partial charge < -0.3 is 10.0 Å². The second-order valence-electron chi connectivity index (χ2n) is 2.75. The van der Waals surface area contributed by atoms with Crippen LogP contribution >= 0.6 is 0 Å². The lowest BCUT2D eigenvalue weighted by Crippen LogP contribution is -2.33. The van der Waals surface area contributed by atoms with Gasteiger partial charge in [0.1, 0.15) is 0 Å². The van der Waals surface area contributed by atoms with Crippen LogP contribution in [0, 0.1) is 0 Å². The van der Waals surface area contributed by atoms with Crippen LogP contribution in [0.2, 0.25) is 0 Å². The smallest absolute Gasteiger partial charge is 0.423 e. The number of hydrogen-bond donors (Lipinski definition) is 2. The van der Waals surface area contributed by atoms with Gasteiger partial charge in [-0.1, -0.05) is 12.1 Å². The van der Waals surface area contributed by atoms with E-state index >= 15 is 0 Å². The fourth-order valence-electron chi connectivity index (χ4n) is 1.33. The third kappa shape index (κ3) is 1.18. The highest BCUT2D eigenvalue weighted by Gasteiger charge is 2.23. The van der Waals surface area contributed by atoms with Gasteiger partial charge in [0.25, 0.3) is 5.91 Å². The summed E-state index contributed by atoms with van der Waals surface area (Å²) in [5.74, 6) is -0.336. The van der Waals surface area contributed by atoms with Gasteiger partial charge >= 0.3 is 7.12 Å². The Hall–Kier alpha value is -1.46. The number of hydrogen-bond acceptors (Lipinski definition) is 3.